The molecule has 0 bridgehead atoms. The summed E-state index contributed by atoms with van der Waals surface area (Å²) < 4.78 is 5.52. The maximum Gasteiger partial charge on any atom is 0.410 e. The van der Waals surface area contributed by atoms with Crippen molar-refractivity contribution in [3.05, 3.63) is 62.9 Å². The average molecular weight is 516 g/mol. The lowest BCUT2D eigenvalue weighted by molar-refractivity contribution is 0.000499. The molecule has 1 saturated heterocycles. The van der Waals surface area contributed by atoms with Gasteiger partial charge in [0.15, 0.2) is 5.78 Å². The first-order valence-corrected chi connectivity index (χ1v) is 12.4. The van der Waals surface area contributed by atoms with Gasteiger partial charge in [-0.2, -0.15) is 0 Å². The fourth-order valence-corrected chi connectivity index (χ4v) is 4.42. The Labute approximate surface area is 217 Å². The number of hydrogen-bond donors (Lipinski definition) is 1. The molecule has 0 spiro atoms. The van der Waals surface area contributed by atoms with E-state index < -0.39 is 11.6 Å². The van der Waals surface area contributed by atoms with E-state index in [4.69, 9.17) is 16.3 Å². The summed E-state index contributed by atoms with van der Waals surface area (Å²) in [6.07, 6.45) is 1.21. The average Bonchev–Trinajstić information content (AvgIpc) is 2.76. The largest absolute Gasteiger partial charge is 0.478 e. The van der Waals surface area contributed by atoms with Gasteiger partial charge in [-0.3, -0.25) is 14.7 Å². The molecule has 3 rings (SSSR count). The molecule has 1 N–H and O–H groups in total. The number of ketones is 1. The number of carboxylic acid groups (broad SMARTS) is 1. The van der Waals surface area contributed by atoms with E-state index in [1.807, 2.05) is 34.6 Å². The van der Waals surface area contributed by atoms with E-state index in [1.54, 1.807) is 30.0 Å². The summed E-state index contributed by atoms with van der Waals surface area (Å²) in [4.78, 5) is 45.4. The van der Waals surface area contributed by atoms with Gasteiger partial charge in [0, 0.05) is 50.4 Å². The molecule has 1 aromatic heterocycles. The van der Waals surface area contributed by atoms with E-state index in [2.05, 4.69) is 9.88 Å². The van der Waals surface area contributed by atoms with Crippen LogP contribution in [0.4, 0.5) is 4.79 Å². The first-order valence-electron chi connectivity index (χ1n) is 12.0. The number of aromatic nitrogens is 1. The van der Waals surface area contributed by atoms with Crippen LogP contribution in [-0.4, -0.2) is 69.0 Å². The number of aryl methyl sites for hydroxylation is 1. The molecule has 36 heavy (non-hydrogen) atoms. The van der Waals surface area contributed by atoms with Crippen LogP contribution in [-0.2, 0) is 17.7 Å². The van der Waals surface area contributed by atoms with Crippen molar-refractivity contribution in [1.29, 1.82) is 0 Å². The van der Waals surface area contributed by atoms with Crippen molar-refractivity contribution in [2.24, 2.45) is 0 Å². The fraction of sp³-hybridized carbons (Fsp3) is 0.481. The SMILES string of the molecule is Cc1ncc(C(=O)Cc2cc(C(=O)O)cc(CN3CCN(C(=O)OC(C)(C)C)[C@@H](C)C3)c2C)cc1Cl. The smallest absolute Gasteiger partial charge is 0.410 e. The maximum atomic E-state index is 12.9. The Balaban J connectivity index is 1.78. The Hall–Kier alpha value is -2.97. The highest BCUT2D eigenvalue weighted by Crippen LogP contribution is 2.24. The normalized spacial score (nSPS) is 16.6. The summed E-state index contributed by atoms with van der Waals surface area (Å²) >= 11 is 6.14. The number of nitrogens with zero attached hydrogens (tertiary/aromatic N) is 3. The molecular formula is C27H34ClN3O5. The molecular weight excluding hydrogens is 482 g/mol. The standard InChI is InChI=1S/C27H34ClN3O5/c1-16-14-30(7-8-31(16)26(35)36-27(4,5)6)15-22-10-20(25(33)34)9-19(17(22)2)12-24(32)21-11-23(28)18(3)29-13-21/h9-11,13,16H,7-8,12,14-15H2,1-6H3,(H,33,34)/t16-/m0/s1. The van der Waals surface area contributed by atoms with E-state index in [0.29, 0.717) is 48.0 Å². The van der Waals surface area contributed by atoms with Crippen molar-refractivity contribution < 1.29 is 24.2 Å². The van der Waals surface area contributed by atoms with Crippen LogP contribution in [0.3, 0.4) is 0 Å². The predicted octanol–water partition coefficient (Wildman–Crippen LogP) is 4.92. The van der Waals surface area contributed by atoms with Crippen LogP contribution in [0, 0.1) is 13.8 Å². The number of hydrogen-bond acceptors (Lipinski definition) is 6. The minimum absolute atomic E-state index is 0.0455. The van der Waals surface area contributed by atoms with Crippen LogP contribution in [0.25, 0.3) is 0 Å². The quantitative estimate of drug-likeness (QED) is 0.545. The molecule has 9 heteroatoms. The van der Waals surface area contributed by atoms with Gasteiger partial charge in [-0.15, -0.1) is 0 Å². The van der Waals surface area contributed by atoms with Crippen molar-refractivity contribution in [1.82, 2.24) is 14.8 Å². The first kappa shape index (κ1) is 27.6. The fourth-order valence-electron chi connectivity index (χ4n) is 4.25. The number of aromatic carboxylic acids is 1. The summed E-state index contributed by atoms with van der Waals surface area (Å²) in [5, 5.41) is 10.1. The van der Waals surface area contributed by atoms with Gasteiger partial charge in [-0.05, 0) is 76.4 Å². The van der Waals surface area contributed by atoms with Gasteiger partial charge in [0.2, 0.25) is 0 Å². The number of carboxylic acids is 1. The summed E-state index contributed by atoms with van der Waals surface area (Å²) in [5.41, 5.74) is 2.99. The number of carbonyl (C=O) groups is 3. The number of rotatable bonds is 6. The van der Waals surface area contributed by atoms with E-state index in [1.165, 1.54) is 6.20 Å². The first-order chi connectivity index (χ1) is 16.7. The minimum Gasteiger partial charge on any atom is -0.478 e. The molecule has 1 aliphatic heterocycles. The lowest BCUT2D eigenvalue weighted by Crippen LogP contribution is -2.54. The minimum atomic E-state index is -1.05. The second-order valence-electron chi connectivity index (χ2n) is 10.4. The van der Waals surface area contributed by atoms with Crippen LogP contribution in [0.1, 0.15) is 70.8 Å². The highest BCUT2D eigenvalue weighted by atomic mass is 35.5. The summed E-state index contributed by atoms with van der Waals surface area (Å²) in [5.74, 6) is -1.23. The third kappa shape index (κ3) is 6.83. The number of halogens is 1. The van der Waals surface area contributed by atoms with Crippen LogP contribution in [0.15, 0.2) is 24.4 Å². The Kier molecular flexibility index (Phi) is 8.41. The molecule has 0 aliphatic carbocycles. The molecule has 1 amide bonds. The van der Waals surface area contributed by atoms with Crippen LogP contribution < -0.4 is 0 Å². The summed E-state index contributed by atoms with van der Waals surface area (Å²) in [6.45, 7) is 13.4. The van der Waals surface area contributed by atoms with E-state index >= 15 is 0 Å². The van der Waals surface area contributed by atoms with Crippen LogP contribution >= 0.6 is 11.6 Å². The van der Waals surface area contributed by atoms with Gasteiger partial charge in [-0.1, -0.05) is 11.6 Å². The summed E-state index contributed by atoms with van der Waals surface area (Å²) in [7, 11) is 0. The number of pyridine rings is 1. The number of amides is 1. The van der Waals surface area contributed by atoms with Gasteiger partial charge in [0.25, 0.3) is 0 Å². The lowest BCUT2D eigenvalue weighted by atomic mass is 9.93. The van der Waals surface area contributed by atoms with Gasteiger partial charge in [0.05, 0.1) is 16.3 Å². The van der Waals surface area contributed by atoms with Crippen molar-refractivity contribution in [2.45, 2.75) is 66.2 Å². The lowest BCUT2D eigenvalue weighted by Gasteiger charge is -2.40. The topological polar surface area (TPSA) is 100 Å². The van der Waals surface area contributed by atoms with Crippen molar-refractivity contribution in [2.75, 3.05) is 19.6 Å². The Bertz CT molecular complexity index is 1170. The molecule has 0 radical (unpaired) electrons. The molecule has 1 fully saturated rings. The van der Waals surface area contributed by atoms with Gasteiger partial charge in [0.1, 0.15) is 5.60 Å². The van der Waals surface area contributed by atoms with Crippen molar-refractivity contribution >= 4 is 29.4 Å². The number of carbonyl (C=O) groups excluding carboxylic acids is 2. The van der Waals surface area contributed by atoms with Crippen molar-refractivity contribution in [3.63, 3.8) is 0 Å². The number of piperazine rings is 1. The highest BCUT2D eigenvalue weighted by Gasteiger charge is 2.31. The van der Waals surface area contributed by atoms with Gasteiger partial charge >= 0.3 is 12.1 Å². The molecule has 0 saturated carbocycles. The van der Waals surface area contributed by atoms with Gasteiger partial charge in [-0.25, -0.2) is 9.59 Å². The van der Waals surface area contributed by atoms with E-state index in [9.17, 15) is 19.5 Å². The zero-order valence-corrected chi connectivity index (χ0v) is 22.5. The Morgan fingerprint density at radius 1 is 1.11 bits per heavy atom. The van der Waals surface area contributed by atoms with Crippen molar-refractivity contribution in [3.8, 4) is 0 Å². The zero-order chi connectivity index (χ0) is 26.8. The number of ether oxygens (including phenoxy) is 1. The second-order valence-corrected chi connectivity index (χ2v) is 10.8. The van der Waals surface area contributed by atoms with E-state index in [-0.39, 0.29) is 29.9 Å². The van der Waals surface area contributed by atoms with Gasteiger partial charge < -0.3 is 14.7 Å². The van der Waals surface area contributed by atoms with Crippen LogP contribution in [0.2, 0.25) is 5.02 Å². The van der Waals surface area contributed by atoms with Crippen LogP contribution in [0.5, 0.6) is 0 Å². The van der Waals surface area contributed by atoms with E-state index in [0.717, 1.165) is 11.1 Å². The zero-order valence-electron chi connectivity index (χ0n) is 21.7. The maximum absolute atomic E-state index is 12.9. The molecule has 2 aromatic rings. The number of benzene rings is 1. The monoisotopic (exact) mass is 515 g/mol. The predicted molar refractivity (Wildman–Crippen MR) is 138 cm³/mol. The molecule has 1 aliphatic rings. The molecule has 2 heterocycles. The molecule has 1 aromatic carbocycles. The third-order valence-electron chi connectivity index (χ3n) is 6.30. The number of Topliss-reactive ketones (excluding diaryl/α,β-unsaturated/α-hetero) is 1. The Morgan fingerprint density at radius 2 is 1.78 bits per heavy atom. The molecule has 1 atom stereocenters. The summed E-state index contributed by atoms with van der Waals surface area (Å²) in [6, 6.07) is 4.76. The highest BCUT2D eigenvalue weighted by molar-refractivity contribution is 6.31. The molecule has 194 valence electrons. The second kappa shape index (κ2) is 11.0. The Morgan fingerprint density at radius 3 is 2.36 bits per heavy atom. The molecule has 0 unspecified atom stereocenters. The molecule has 8 nitrogen and oxygen atoms in total. The third-order valence-corrected chi connectivity index (χ3v) is 6.68.